The monoisotopic (exact) mass is 970 g/mol. The van der Waals surface area contributed by atoms with Crippen molar-refractivity contribution in [3.63, 3.8) is 0 Å². The van der Waals surface area contributed by atoms with Crippen LogP contribution in [0.5, 0.6) is 0 Å². The Hall–Kier alpha value is -7.47. The summed E-state index contributed by atoms with van der Waals surface area (Å²) in [6.07, 6.45) is 8.26. The number of nitrogens with one attached hydrogen (secondary N) is 3. The van der Waals surface area contributed by atoms with Gasteiger partial charge in [0, 0.05) is 106 Å². The molecule has 18 nitrogen and oxygen atoms in total. The number of anilines is 5. The van der Waals surface area contributed by atoms with Gasteiger partial charge in [0.15, 0.2) is 0 Å². The summed E-state index contributed by atoms with van der Waals surface area (Å²) < 4.78 is 2.21. The number of benzene rings is 1. The molecule has 6 aliphatic heterocycles. The molecule has 1 aromatic carbocycles. The first-order valence-corrected chi connectivity index (χ1v) is 25.4. The number of imide groups is 2. The van der Waals surface area contributed by atoms with Crippen molar-refractivity contribution in [1.82, 2.24) is 40.0 Å². The second kappa shape index (κ2) is 17.4. The van der Waals surface area contributed by atoms with Crippen LogP contribution in [0.15, 0.2) is 60.9 Å². The molecular weight excluding hydrogens is 913 g/mol. The van der Waals surface area contributed by atoms with E-state index in [4.69, 9.17) is 15.0 Å². The van der Waals surface area contributed by atoms with E-state index in [1.807, 2.05) is 37.4 Å². The van der Waals surface area contributed by atoms with Crippen molar-refractivity contribution < 1.29 is 28.8 Å². The predicted octanol–water partition coefficient (Wildman–Crippen LogP) is 5.04. The molecule has 2 atom stereocenters. The number of piperidine rings is 2. The van der Waals surface area contributed by atoms with E-state index < -0.39 is 29.7 Å². The van der Waals surface area contributed by atoms with Crippen LogP contribution in [0.1, 0.15) is 111 Å². The Kier molecular flexibility index (Phi) is 11.0. The third kappa shape index (κ3) is 7.77. The van der Waals surface area contributed by atoms with Crippen molar-refractivity contribution in [2.75, 3.05) is 65.8 Å². The molecule has 3 fully saturated rings. The number of hydrogen-bond acceptors (Lipinski definition) is 13. The number of nitrogens with zero attached hydrogens (tertiary/aromatic N) is 9. The van der Waals surface area contributed by atoms with Crippen molar-refractivity contribution in [2.24, 2.45) is 5.41 Å². The molecule has 7 aliphatic rings. The van der Waals surface area contributed by atoms with Crippen LogP contribution in [-0.2, 0) is 35.4 Å². The first-order valence-electron chi connectivity index (χ1n) is 25.4. The zero-order valence-corrected chi connectivity index (χ0v) is 41.1. The summed E-state index contributed by atoms with van der Waals surface area (Å²) in [6, 6.07) is 14.9. The summed E-state index contributed by atoms with van der Waals surface area (Å²) in [5.74, 6) is -1.01. The summed E-state index contributed by atoms with van der Waals surface area (Å²) in [5, 5.41) is 8.71. The van der Waals surface area contributed by atoms with Gasteiger partial charge in [-0.1, -0.05) is 13.8 Å². The van der Waals surface area contributed by atoms with Crippen molar-refractivity contribution in [2.45, 2.75) is 97.3 Å². The topological polar surface area (TPSA) is 198 Å². The molecule has 0 radical (unpaired) electrons. The molecule has 6 amide bonds. The molecule has 370 valence electrons. The van der Waals surface area contributed by atoms with Gasteiger partial charge >= 0.3 is 0 Å². The fraction of sp³-hybridized carbons (Fsp3) is 0.426. The maximum atomic E-state index is 14.1. The number of piperazine rings is 1. The highest BCUT2D eigenvalue weighted by molar-refractivity contribution is 6.23. The molecule has 3 N–H and O–H groups in total. The van der Waals surface area contributed by atoms with Gasteiger partial charge in [0.05, 0.1) is 45.6 Å². The van der Waals surface area contributed by atoms with Crippen molar-refractivity contribution in [3.8, 4) is 11.3 Å². The number of pyridine rings is 3. The van der Waals surface area contributed by atoms with E-state index in [0.29, 0.717) is 71.9 Å². The zero-order valence-electron chi connectivity index (χ0n) is 41.1. The van der Waals surface area contributed by atoms with Gasteiger partial charge in [-0.15, -0.1) is 0 Å². The van der Waals surface area contributed by atoms with Crippen LogP contribution < -0.4 is 30.7 Å². The lowest BCUT2D eigenvalue weighted by Gasteiger charge is -2.46. The smallest absolute Gasteiger partial charge is 0.276 e. The first kappa shape index (κ1) is 45.7. The summed E-state index contributed by atoms with van der Waals surface area (Å²) in [5.41, 5.74) is 10.2. The van der Waals surface area contributed by atoms with Gasteiger partial charge in [0.2, 0.25) is 11.8 Å². The predicted molar refractivity (Wildman–Crippen MR) is 270 cm³/mol. The standard InChI is InChI=1S/C54H58N12O6/c1-30-29-62(33-13-17-61(18-14-33)34-5-7-37-38(24-34)52(71)66(51(37)70)42-8-10-46(67)60-49(42)68)19-20-63(30)35-6-9-45(57-28-35)59-41-25-40(58-39-12-16-56-50(69)47(39)41)36-11-15-55-48(31(36)2)65-22-21-64-43(53(65)72)23-32-26-54(3,4)27-44(32)64/h5-7,9,11,15,23-25,28,30,33,42H,8,10,12-14,16-22,26-27,29H2,1-4H3,(H,56,69)(H,57,58,59)(H,60,67,68)/t30-,42?/m0/s1. The number of amides is 6. The molecule has 10 heterocycles. The minimum absolute atomic E-state index is 0.0412. The number of carbonyl (C=O) groups is 6. The molecule has 12 rings (SSSR count). The van der Waals surface area contributed by atoms with Gasteiger partial charge in [0.1, 0.15) is 23.4 Å². The molecule has 0 spiro atoms. The van der Waals surface area contributed by atoms with Crippen LogP contribution in [0.3, 0.4) is 0 Å². The Morgan fingerprint density at radius 1 is 0.778 bits per heavy atom. The average Bonchev–Trinajstić information content (AvgIpc) is 3.95. The van der Waals surface area contributed by atoms with Gasteiger partial charge in [-0.3, -0.25) is 53.8 Å². The van der Waals surface area contributed by atoms with Crippen LogP contribution in [-0.4, -0.2) is 129 Å². The molecule has 18 heteroatoms. The van der Waals surface area contributed by atoms with E-state index in [2.05, 4.69) is 68.1 Å². The van der Waals surface area contributed by atoms with Crippen LogP contribution in [0.2, 0.25) is 0 Å². The lowest BCUT2D eigenvalue weighted by molar-refractivity contribution is -0.136. The Balaban J connectivity index is 0.696. The lowest BCUT2D eigenvalue weighted by atomic mass is 9.90. The Labute approximate surface area is 417 Å². The fourth-order valence-corrected chi connectivity index (χ4v) is 12.5. The molecule has 4 aromatic heterocycles. The van der Waals surface area contributed by atoms with E-state index in [9.17, 15) is 28.8 Å². The van der Waals surface area contributed by atoms with Crippen LogP contribution in [0.25, 0.3) is 11.3 Å². The van der Waals surface area contributed by atoms with E-state index in [0.717, 1.165) is 91.5 Å². The highest BCUT2D eigenvalue weighted by Crippen LogP contribution is 2.41. The quantitative estimate of drug-likeness (QED) is 0.175. The van der Waals surface area contributed by atoms with Crippen LogP contribution >= 0.6 is 0 Å². The highest BCUT2D eigenvalue weighted by atomic mass is 16.2. The van der Waals surface area contributed by atoms with Gasteiger partial charge in [-0.25, -0.2) is 9.97 Å². The molecule has 1 unspecified atom stereocenters. The lowest BCUT2D eigenvalue weighted by Crippen LogP contribution is -2.57. The van der Waals surface area contributed by atoms with Gasteiger partial charge in [-0.2, -0.15) is 0 Å². The van der Waals surface area contributed by atoms with Gasteiger partial charge in [0.25, 0.3) is 23.6 Å². The number of rotatable bonds is 8. The third-order valence-electron chi connectivity index (χ3n) is 16.1. The number of hydrogen-bond donors (Lipinski definition) is 3. The number of aromatic nitrogens is 4. The molecule has 5 aromatic rings. The number of carbonyl (C=O) groups excluding carboxylic acids is 6. The van der Waals surface area contributed by atoms with Crippen molar-refractivity contribution in [3.05, 3.63) is 106 Å². The SMILES string of the molecule is Cc1c(-c2cc(Nc3ccc(N4CCN(C5CCN(c6ccc7c(c6)C(=O)N(C6CCC(=O)NC6=O)C7=O)CC5)C[C@@H]4C)cn3)c3c(n2)CCNC3=O)ccnc1N1CCn2c(cc3c2CC(C)(C)C3)C1=O. The van der Waals surface area contributed by atoms with Crippen LogP contribution in [0.4, 0.5) is 28.7 Å². The average molecular weight is 971 g/mol. The summed E-state index contributed by atoms with van der Waals surface area (Å²) in [7, 11) is 0. The van der Waals surface area contributed by atoms with Crippen LogP contribution in [0, 0.1) is 12.3 Å². The minimum atomic E-state index is -0.989. The van der Waals surface area contributed by atoms with E-state index in [1.165, 1.54) is 11.3 Å². The largest absolute Gasteiger partial charge is 0.371 e. The van der Waals surface area contributed by atoms with E-state index in [1.54, 1.807) is 23.2 Å². The molecule has 0 bridgehead atoms. The minimum Gasteiger partial charge on any atom is -0.371 e. The molecule has 0 saturated carbocycles. The first-order chi connectivity index (χ1) is 34.7. The highest BCUT2D eigenvalue weighted by Gasteiger charge is 2.45. The van der Waals surface area contributed by atoms with Crippen molar-refractivity contribution in [1.29, 1.82) is 0 Å². The summed E-state index contributed by atoms with van der Waals surface area (Å²) in [6.45, 7) is 14.8. The number of fused-ring (bicyclic) bond motifs is 5. The van der Waals surface area contributed by atoms with Gasteiger partial charge in [-0.05, 0) is 105 Å². The van der Waals surface area contributed by atoms with E-state index in [-0.39, 0.29) is 41.7 Å². The van der Waals surface area contributed by atoms with Gasteiger partial charge < -0.3 is 25.0 Å². The molecular formula is C54H58N12O6. The zero-order chi connectivity index (χ0) is 49.7. The Morgan fingerprint density at radius 2 is 1.58 bits per heavy atom. The molecule has 1 aliphatic carbocycles. The van der Waals surface area contributed by atoms with Crippen molar-refractivity contribution >= 4 is 64.1 Å². The second-order valence-corrected chi connectivity index (χ2v) is 21.3. The molecule has 72 heavy (non-hydrogen) atoms. The van der Waals surface area contributed by atoms with E-state index >= 15 is 0 Å². The normalized spacial score (nSPS) is 22.2. The molecule has 3 saturated heterocycles. The Morgan fingerprint density at radius 3 is 2.36 bits per heavy atom. The third-order valence-corrected chi connectivity index (χ3v) is 16.1. The Bertz CT molecular complexity index is 3140. The maximum Gasteiger partial charge on any atom is 0.276 e. The summed E-state index contributed by atoms with van der Waals surface area (Å²) >= 11 is 0. The maximum absolute atomic E-state index is 14.1. The fourth-order valence-electron chi connectivity index (χ4n) is 12.5. The summed E-state index contributed by atoms with van der Waals surface area (Å²) in [4.78, 5) is 103. The second-order valence-electron chi connectivity index (χ2n) is 21.3.